The number of nitrogens with zero attached hydrogens (tertiary/aromatic N) is 5. The molecule has 2 aromatic carbocycles. The largest absolute Gasteiger partial charge is 0.304 e. The molecule has 0 aliphatic rings. The lowest BCUT2D eigenvalue weighted by atomic mass is 10.1. The molecule has 150 valence electrons. The quantitative estimate of drug-likeness (QED) is 0.441. The average Bonchev–Trinajstić information content (AvgIpc) is 3.05. The first-order valence-electron chi connectivity index (χ1n) is 10.3. The lowest BCUT2D eigenvalue weighted by molar-refractivity contribution is 0.506. The fourth-order valence-corrected chi connectivity index (χ4v) is 3.81. The molecule has 0 saturated carbocycles. The second kappa shape index (κ2) is 7.37. The zero-order chi connectivity index (χ0) is 20.7. The van der Waals surface area contributed by atoms with E-state index in [1.807, 2.05) is 47.0 Å². The van der Waals surface area contributed by atoms with Crippen molar-refractivity contribution in [3.05, 3.63) is 76.8 Å². The third-order valence-electron chi connectivity index (χ3n) is 5.45. The van der Waals surface area contributed by atoms with Crippen LogP contribution in [0.25, 0.3) is 33.2 Å². The van der Waals surface area contributed by atoms with Crippen molar-refractivity contribution >= 4 is 33.2 Å². The van der Waals surface area contributed by atoms with Crippen LogP contribution in [0.1, 0.15) is 25.8 Å². The Balaban J connectivity index is 1.80. The van der Waals surface area contributed by atoms with Gasteiger partial charge in [0.1, 0.15) is 10.9 Å². The number of hydrogen-bond acceptors (Lipinski definition) is 4. The van der Waals surface area contributed by atoms with Crippen LogP contribution in [0.2, 0.25) is 0 Å². The molecule has 0 radical (unpaired) electrons. The molecule has 6 nitrogen and oxygen atoms in total. The fourth-order valence-electron chi connectivity index (χ4n) is 3.81. The van der Waals surface area contributed by atoms with Crippen LogP contribution in [0.5, 0.6) is 0 Å². The number of para-hydroxylation sites is 2. The highest BCUT2D eigenvalue weighted by molar-refractivity contribution is 6.04. The molecule has 0 fully saturated rings. The molecule has 5 rings (SSSR count). The Bertz CT molecular complexity index is 1420. The van der Waals surface area contributed by atoms with Crippen LogP contribution in [-0.2, 0) is 13.1 Å². The zero-order valence-corrected chi connectivity index (χ0v) is 17.1. The highest BCUT2D eigenvalue weighted by atomic mass is 16.1. The summed E-state index contributed by atoms with van der Waals surface area (Å²) in [5.74, 6) is 0.510. The predicted octanol–water partition coefficient (Wildman–Crippen LogP) is 4.39. The summed E-state index contributed by atoms with van der Waals surface area (Å²) in [5, 5.41) is 0.547. The third-order valence-corrected chi connectivity index (χ3v) is 5.45. The van der Waals surface area contributed by atoms with E-state index < -0.39 is 0 Å². The number of hydrogen-bond donors (Lipinski definition) is 0. The van der Waals surface area contributed by atoms with Crippen LogP contribution >= 0.6 is 0 Å². The van der Waals surface area contributed by atoms with Crippen molar-refractivity contribution in [2.24, 2.45) is 5.92 Å². The van der Waals surface area contributed by atoms with Crippen molar-refractivity contribution in [3.8, 4) is 0 Å². The van der Waals surface area contributed by atoms with Gasteiger partial charge in [-0.15, -0.1) is 0 Å². The second-order valence-corrected chi connectivity index (χ2v) is 8.08. The number of rotatable bonds is 5. The predicted molar refractivity (Wildman–Crippen MR) is 120 cm³/mol. The molecular formula is C24H23N5O. The molecule has 6 heteroatoms. The summed E-state index contributed by atoms with van der Waals surface area (Å²) in [6.45, 7) is 5.53. The van der Waals surface area contributed by atoms with Gasteiger partial charge < -0.3 is 4.57 Å². The molecule has 5 aromatic rings. The van der Waals surface area contributed by atoms with Crippen molar-refractivity contribution < 1.29 is 0 Å². The maximum atomic E-state index is 13.4. The van der Waals surface area contributed by atoms with Gasteiger partial charge >= 0.3 is 0 Å². The van der Waals surface area contributed by atoms with Crippen LogP contribution in [-0.4, -0.2) is 24.1 Å². The van der Waals surface area contributed by atoms with E-state index in [9.17, 15) is 4.79 Å². The number of aryl methyl sites for hydroxylation is 1. The van der Waals surface area contributed by atoms with E-state index >= 15 is 0 Å². The van der Waals surface area contributed by atoms with E-state index in [1.165, 1.54) is 0 Å². The molecule has 0 amide bonds. The number of benzene rings is 2. The van der Waals surface area contributed by atoms with Gasteiger partial charge in [0, 0.05) is 6.54 Å². The molecule has 0 N–H and O–H groups in total. The zero-order valence-electron chi connectivity index (χ0n) is 17.1. The lowest BCUT2D eigenvalue weighted by Gasteiger charge is -2.09. The molecule has 0 spiro atoms. The highest BCUT2D eigenvalue weighted by Crippen LogP contribution is 2.26. The standard InChI is InChI=1S/C24H23N5O/c1-16(2)12-13-28-15-25-22-20(24(28)30)21-23(27-19-11-7-6-10-18(19)26-21)29(22)14-17-8-4-3-5-9-17/h3-11,15-16H,12-14H2,1-2H3. The molecule has 3 heterocycles. The Morgan fingerprint density at radius 2 is 1.60 bits per heavy atom. The summed E-state index contributed by atoms with van der Waals surface area (Å²) < 4.78 is 3.71. The summed E-state index contributed by atoms with van der Waals surface area (Å²) in [6.07, 6.45) is 2.58. The highest BCUT2D eigenvalue weighted by Gasteiger charge is 2.20. The van der Waals surface area contributed by atoms with E-state index in [-0.39, 0.29) is 5.56 Å². The maximum absolute atomic E-state index is 13.4. The number of aromatic nitrogens is 5. The van der Waals surface area contributed by atoms with Crippen molar-refractivity contribution in [1.29, 1.82) is 0 Å². The molecule has 0 aliphatic heterocycles. The van der Waals surface area contributed by atoms with E-state index in [0.717, 1.165) is 23.0 Å². The van der Waals surface area contributed by atoms with Crippen LogP contribution in [0, 0.1) is 5.92 Å². The van der Waals surface area contributed by atoms with Crippen molar-refractivity contribution in [2.45, 2.75) is 33.4 Å². The monoisotopic (exact) mass is 397 g/mol. The van der Waals surface area contributed by atoms with Crippen molar-refractivity contribution in [2.75, 3.05) is 0 Å². The smallest absolute Gasteiger partial charge is 0.265 e. The summed E-state index contributed by atoms with van der Waals surface area (Å²) in [7, 11) is 0. The normalized spacial score (nSPS) is 11.8. The van der Waals surface area contributed by atoms with Gasteiger partial charge in [0.25, 0.3) is 5.56 Å². The third kappa shape index (κ3) is 3.14. The van der Waals surface area contributed by atoms with Gasteiger partial charge in [-0.05, 0) is 30.0 Å². The fraction of sp³-hybridized carbons (Fsp3) is 0.250. The molecule has 0 atom stereocenters. The molecule has 0 saturated heterocycles. The summed E-state index contributed by atoms with van der Waals surface area (Å²) >= 11 is 0. The summed E-state index contributed by atoms with van der Waals surface area (Å²) in [6, 6.07) is 17.9. The summed E-state index contributed by atoms with van der Waals surface area (Å²) in [4.78, 5) is 27.8. The van der Waals surface area contributed by atoms with Crippen LogP contribution < -0.4 is 5.56 Å². The van der Waals surface area contributed by atoms with E-state index in [4.69, 9.17) is 9.97 Å². The SMILES string of the molecule is CC(C)CCn1cnc2c(c1=O)c1nc3ccccc3nc1n2Cc1ccccc1. The van der Waals surface area contributed by atoms with Crippen LogP contribution in [0.3, 0.4) is 0 Å². The van der Waals surface area contributed by atoms with Crippen LogP contribution in [0.15, 0.2) is 65.7 Å². The van der Waals surface area contributed by atoms with Gasteiger partial charge in [0.05, 0.1) is 23.9 Å². The first kappa shape index (κ1) is 18.5. The van der Waals surface area contributed by atoms with E-state index in [2.05, 4.69) is 31.0 Å². The maximum Gasteiger partial charge on any atom is 0.265 e. The average molecular weight is 397 g/mol. The minimum atomic E-state index is -0.0537. The van der Waals surface area contributed by atoms with Gasteiger partial charge in [-0.25, -0.2) is 15.0 Å². The lowest BCUT2D eigenvalue weighted by Crippen LogP contribution is -2.21. The van der Waals surface area contributed by atoms with E-state index in [1.54, 1.807) is 10.9 Å². The van der Waals surface area contributed by atoms with Crippen LogP contribution in [0.4, 0.5) is 0 Å². The Hall–Kier alpha value is -3.54. The molecule has 0 unspecified atom stereocenters. The first-order chi connectivity index (χ1) is 14.6. The van der Waals surface area contributed by atoms with Gasteiger partial charge in [-0.3, -0.25) is 9.36 Å². The summed E-state index contributed by atoms with van der Waals surface area (Å²) in [5.41, 5.74) is 4.60. The van der Waals surface area contributed by atoms with E-state index in [0.29, 0.717) is 41.2 Å². The Morgan fingerprint density at radius 1 is 0.900 bits per heavy atom. The Labute approximate surface area is 173 Å². The Kier molecular flexibility index (Phi) is 4.54. The molecule has 0 aliphatic carbocycles. The van der Waals surface area contributed by atoms with Gasteiger partial charge in [0.2, 0.25) is 0 Å². The molecular weight excluding hydrogens is 374 g/mol. The van der Waals surface area contributed by atoms with Crippen molar-refractivity contribution in [3.63, 3.8) is 0 Å². The van der Waals surface area contributed by atoms with Gasteiger partial charge in [0.15, 0.2) is 11.3 Å². The number of fused-ring (bicyclic) bond motifs is 4. The topological polar surface area (TPSA) is 65.6 Å². The first-order valence-corrected chi connectivity index (χ1v) is 10.3. The van der Waals surface area contributed by atoms with Gasteiger partial charge in [-0.1, -0.05) is 56.3 Å². The molecule has 3 aromatic heterocycles. The van der Waals surface area contributed by atoms with Crippen molar-refractivity contribution in [1.82, 2.24) is 24.1 Å². The molecule has 30 heavy (non-hydrogen) atoms. The Morgan fingerprint density at radius 3 is 2.33 bits per heavy atom. The minimum Gasteiger partial charge on any atom is -0.304 e. The second-order valence-electron chi connectivity index (χ2n) is 8.08. The molecule has 0 bridgehead atoms. The van der Waals surface area contributed by atoms with Gasteiger partial charge in [-0.2, -0.15) is 0 Å². The minimum absolute atomic E-state index is 0.0537.